The number of carboxylic acid groups (broad SMARTS) is 2. The van der Waals surface area contributed by atoms with E-state index in [1.54, 1.807) is 0 Å². The largest absolute Gasteiger partial charge is 0.478 e. The van der Waals surface area contributed by atoms with Crippen LogP contribution in [0.15, 0.2) is 23.6 Å². The third kappa shape index (κ3) is 3.34. The van der Waals surface area contributed by atoms with E-state index in [-0.39, 0.29) is 27.6 Å². The Bertz CT molecular complexity index is 708. The number of aromatic nitrogens is 1. The molecule has 0 unspecified atom stereocenters. The summed E-state index contributed by atoms with van der Waals surface area (Å²) in [6, 6.07) is 3.31. The van der Waals surface area contributed by atoms with Crippen LogP contribution in [0.2, 0.25) is 0 Å². The van der Waals surface area contributed by atoms with Crippen molar-refractivity contribution in [1.82, 2.24) is 4.98 Å². The van der Waals surface area contributed by atoms with Crippen molar-refractivity contribution in [2.75, 3.05) is 11.1 Å². The highest BCUT2D eigenvalue weighted by Gasteiger charge is 2.15. The van der Waals surface area contributed by atoms with E-state index in [0.717, 1.165) is 29.5 Å². The topological polar surface area (TPSA) is 143 Å². The number of amides is 1. The van der Waals surface area contributed by atoms with Gasteiger partial charge in [0, 0.05) is 11.1 Å². The number of nitrogens with zero attached hydrogens (tertiary/aromatic N) is 1. The summed E-state index contributed by atoms with van der Waals surface area (Å²) in [6.07, 6.45) is 0. The van der Waals surface area contributed by atoms with Crippen LogP contribution in [0.1, 0.15) is 31.2 Å². The van der Waals surface area contributed by atoms with E-state index in [4.69, 9.17) is 15.9 Å². The number of anilines is 2. The molecular formula is C12H9N3O5S. The Balaban J connectivity index is 2.32. The van der Waals surface area contributed by atoms with Gasteiger partial charge in [-0.2, -0.15) is 0 Å². The van der Waals surface area contributed by atoms with Gasteiger partial charge >= 0.3 is 11.9 Å². The molecule has 0 radical (unpaired) electrons. The summed E-state index contributed by atoms with van der Waals surface area (Å²) in [5.74, 6) is -3.21. The summed E-state index contributed by atoms with van der Waals surface area (Å²) >= 11 is 1.08. The summed E-state index contributed by atoms with van der Waals surface area (Å²) in [7, 11) is 0. The van der Waals surface area contributed by atoms with Gasteiger partial charge in [-0.3, -0.25) is 4.79 Å². The molecule has 0 aliphatic carbocycles. The van der Waals surface area contributed by atoms with Gasteiger partial charge in [-0.1, -0.05) is 0 Å². The number of nitrogens with two attached hydrogens (primary N) is 1. The fraction of sp³-hybridized carbons (Fsp3) is 0. The number of nitrogens with one attached hydrogen (secondary N) is 1. The maximum atomic E-state index is 11.9. The molecule has 0 atom stereocenters. The number of thiazole rings is 1. The first-order valence-electron chi connectivity index (χ1n) is 5.51. The van der Waals surface area contributed by atoms with Gasteiger partial charge in [0.25, 0.3) is 5.91 Å². The van der Waals surface area contributed by atoms with Crippen molar-refractivity contribution in [1.29, 1.82) is 0 Å². The summed E-state index contributed by atoms with van der Waals surface area (Å²) < 4.78 is 0. The van der Waals surface area contributed by atoms with Gasteiger partial charge in [0.15, 0.2) is 5.13 Å². The first-order valence-corrected chi connectivity index (χ1v) is 6.39. The maximum absolute atomic E-state index is 11.9. The molecule has 2 rings (SSSR count). The van der Waals surface area contributed by atoms with Crippen LogP contribution in [-0.4, -0.2) is 33.0 Å². The quantitative estimate of drug-likeness (QED) is 0.668. The average molecular weight is 307 g/mol. The van der Waals surface area contributed by atoms with Crippen LogP contribution in [0, 0.1) is 0 Å². The standard InChI is InChI=1S/C12H9N3O5S/c13-12-15-8(4-21-12)9(16)14-7-2-5(10(17)18)1-6(3-7)11(19)20/h1-4H,(H2,13,15)(H,14,16)(H,17,18)(H,19,20). The monoisotopic (exact) mass is 307 g/mol. The summed E-state index contributed by atoms with van der Waals surface area (Å²) in [6.45, 7) is 0. The Morgan fingerprint density at radius 3 is 2.10 bits per heavy atom. The molecule has 0 aliphatic heterocycles. The number of hydrogen-bond donors (Lipinski definition) is 4. The van der Waals surface area contributed by atoms with Crippen molar-refractivity contribution in [3.05, 3.63) is 40.4 Å². The third-order valence-electron chi connectivity index (χ3n) is 2.44. The SMILES string of the molecule is Nc1nc(C(=O)Nc2cc(C(=O)O)cc(C(=O)O)c2)cs1. The Labute approximate surface area is 121 Å². The minimum Gasteiger partial charge on any atom is -0.478 e. The van der Waals surface area contributed by atoms with Crippen LogP contribution < -0.4 is 11.1 Å². The van der Waals surface area contributed by atoms with Crippen molar-refractivity contribution >= 4 is 40.0 Å². The molecule has 0 bridgehead atoms. The van der Waals surface area contributed by atoms with Crippen LogP contribution in [0.4, 0.5) is 10.8 Å². The van der Waals surface area contributed by atoms with E-state index < -0.39 is 17.8 Å². The number of carboxylic acids is 2. The van der Waals surface area contributed by atoms with Crippen LogP contribution in [-0.2, 0) is 0 Å². The average Bonchev–Trinajstić information content (AvgIpc) is 2.85. The van der Waals surface area contributed by atoms with Crippen LogP contribution in [0.25, 0.3) is 0 Å². The Morgan fingerprint density at radius 2 is 1.67 bits per heavy atom. The highest BCUT2D eigenvalue weighted by atomic mass is 32.1. The summed E-state index contributed by atoms with van der Waals surface area (Å²) in [5.41, 5.74) is 5.03. The summed E-state index contributed by atoms with van der Waals surface area (Å²) in [4.78, 5) is 37.6. The zero-order chi connectivity index (χ0) is 15.6. The first-order chi connectivity index (χ1) is 9.86. The molecule has 2 aromatic rings. The lowest BCUT2D eigenvalue weighted by Gasteiger charge is -2.06. The zero-order valence-corrected chi connectivity index (χ0v) is 11.2. The lowest BCUT2D eigenvalue weighted by Crippen LogP contribution is -2.14. The minimum absolute atomic E-state index is 0.0453. The zero-order valence-electron chi connectivity index (χ0n) is 10.4. The van der Waals surface area contributed by atoms with E-state index >= 15 is 0 Å². The predicted octanol–water partition coefficient (Wildman–Crippen LogP) is 1.37. The van der Waals surface area contributed by atoms with Crippen molar-refractivity contribution in [3.8, 4) is 0 Å². The minimum atomic E-state index is -1.30. The number of carbonyl (C=O) groups excluding carboxylic acids is 1. The number of carbonyl (C=O) groups is 3. The van der Waals surface area contributed by atoms with Crippen LogP contribution in [0.5, 0.6) is 0 Å². The summed E-state index contributed by atoms with van der Waals surface area (Å²) in [5, 5.41) is 21.9. The molecular weight excluding hydrogens is 298 g/mol. The van der Waals surface area contributed by atoms with Gasteiger partial charge < -0.3 is 21.3 Å². The number of aromatic carboxylic acids is 2. The van der Waals surface area contributed by atoms with Crippen LogP contribution >= 0.6 is 11.3 Å². The van der Waals surface area contributed by atoms with Crippen molar-refractivity contribution < 1.29 is 24.6 Å². The van der Waals surface area contributed by atoms with Gasteiger partial charge in [-0.25, -0.2) is 14.6 Å². The fourth-order valence-electron chi connectivity index (χ4n) is 1.53. The number of hydrogen-bond acceptors (Lipinski definition) is 6. The first kappa shape index (κ1) is 14.5. The molecule has 108 valence electrons. The molecule has 0 saturated carbocycles. The second-order valence-corrected chi connectivity index (χ2v) is 4.82. The Morgan fingerprint density at radius 1 is 1.10 bits per heavy atom. The Kier molecular flexibility index (Phi) is 3.85. The van der Waals surface area contributed by atoms with E-state index in [2.05, 4.69) is 10.3 Å². The fourth-order valence-corrected chi connectivity index (χ4v) is 2.08. The van der Waals surface area contributed by atoms with E-state index in [9.17, 15) is 14.4 Å². The molecule has 1 amide bonds. The maximum Gasteiger partial charge on any atom is 0.335 e. The van der Waals surface area contributed by atoms with Gasteiger partial charge in [0.2, 0.25) is 0 Å². The van der Waals surface area contributed by atoms with E-state index in [0.29, 0.717) is 0 Å². The van der Waals surface area contributed by atoms with E-state index in [1.165, 1.54) is 5.38 Å². The van der Waals surface area contributed by atoms with Crippen LogP contribution in [0.3, 0.4) is 0 Å². The molecule has 1 aromatic carbocycles. The van der Waals surface area contributed by atoms with Crippen molar-refractivity contribution in [3.63, 3.8) is 0 Å². The van der Waals surface area contributed by atoms with Crippen molar-refractivity contribution in [2.45, 2.75) is 0 Å². The third-order valence-corrected chi connectivity index (χ3v) is 3.11. The lowest BCUT2D eigenvalue weighted by atomic mass is 10.1. The molecule has 5 N–H and O–H groups in total. The number of benzene rings is 1. The molecule has 0 aliphatic rings. The molecule has 1 heterocycles. The molecule has 8 nitrogen and oxygen atoms in total. The molecule has 0 saturated heterocycles. The number of nitrogen functional groups attached to an aromatic ring is 1. The number of rotatable bonds is 4. The van der Waals surface area contributed by atoms with Gasteiger partial charge in [0.05, 0.1) is 11.1 Å². The Hall–Kier alpha value is -2.94. The lowest BCUT2D eigenvalue weighted by molar-refractivity contribution is 0.0696. The smallest absolute Gasteiger partial charge is 0.335 e. The van der Waals surface area contributed by atoms with Gasteiger partial charge in [-0.15, -0.1) is 11.3 Å². The van der Waals surface area contributed by atoms with Gasteiger partial charge in [0.1, 0.15) is 5.69 Å². The molecule has 9 heteroatoms. The molecule has 0 spiro atoms. The van der Waals surface area contributed by atoms with E-state index in [1.807, 2.05) is 0 Å². The van der Waals surface area contributed by atoms with Crippen molar-refractivity contribution in [2.24, 2.45) is 0 Å². The highest BCUT2D eigenvalue weighted by Crippen LogP contribution is 2.18. The highest BCUT2D eigenvalue weighted by molar-refractivity contribution is 7.13. The second-order valence-electron chi connectivity index (χ2n) is 3.93. The molecule has 21 heavy (non-hydrogen) atoms. The molecule has 1 aromatic heterocycles. The predicted molar refractivity (Wildman–Crippen MR) is 74.8 cm³/mol. The normalized spacial score (nSPS) is 10.1. The van der Waals surface area contributed by atoms with Gasteiger partial charge in [-0.05, 0) is 18.2 Å². The molecule has 0 fully saturated rings. The second kappa shape index (κ2) is 5.59.